The van der Waals surface area contributed by atoms with Gasteiger partial charge in [0.05, 0.1) is 10.4 Å². The van der Waals surface area contributed by atoms with Gasteiger partial charge in [0.25, 0.3) is 0 Å². The van der Waals surface area contributed by atoms with Gasteiger partial charge in [0.1, 0.15) is 6.54 Å². The number of tetrazole rings is 1. The van der Waals surface area contributed by atoms with Crippen LogP contribution in [0.3, 0.4) is 0 Å². The number of hydrogen-bond donors (Lipinski definition) is 1. The summed E-state index contributed by atoms with van der Waals surface area (Å²) in [5.41, 5.74) is 0. The SMILES string of the molecule is CCC[C@H](NC(=O)Cn1ncnn1)c1ccc(Cl)s1. The van der Waals surface area contributed by atoms with Crippen molar-refractivity contribution in [2.24, 2.45) is 0 Å². The van der Waals surface area contributed by atoms with Crippen LogP contribution in [-0.4, -0.2) is 26.1 Å². The monoisotopic (exact) mass is 299 g/mol. The Morgan fingerprint density at radius 1 is 1.58 bits per heavy atom. The molecule has 0 saturated carbocycles. The van der Waals surface area contributed by atoms with Crippen LogP contribution in [0.4, 0.5) is 0 Å². The number of carbonyl (C=O) groups is 1. The summed E-state index contributed by atoms with van der Waals surface area (Å²) in [6.07, 6.45) is 3.14. The van der Waals surface area contributed by atoms with Crippen molar-refractivity contribution in [2.45, 2.75) is 32.4 Å². The summed E-state index contributed by atoms with van der Waals surface area (Å²) in [5.74, 6) is -0.138. The summed E-state index contributed by atoms with van der Waals surface area (Å²) in [6.45, 7) is 2.15. The fraction of sp³-hybridized carbons (Fsp3) is 0.455. The Labute approximate surface area is 119 Å². The number of amides is 1. The lowest BCUT2D eigenvalue weighted by Crippen LogP contribution is -2.31. The van der Waals surface area contributed by atoms with Crippen molar-refractivity contribution in [2.75, 3.05) is 0 Å². The molecule has 2 heterocycles. The zero-order valence-corrected chi connectivity index (χ0v) is 12.0. The van der Waals surface area contributed by atoms with Crippen LogP contribution in [0.1, 0.15) is 30.7 Å². The highest BCUT2D eigenvalue weighted by Gasteiger charge is 2.16. The van der Waals surface area contributed by atoms with E-state index in [-0.39, 0.29) is 18.5 Å². The van der Waals surface area contributed by atoms with Gasteiger partial charge in [0, 0.05) is 4.88 Å². The second-order valence-corrected chi connectivity index (χ2v) is 5.76. The molecule has 2 aromatic heterocycles. The van der Waals surface area contributed by atoms with Gasteiger partial charge in [0.2, 0.25) is 5.91 Å². The van der Waals surface area contributed by atoms with Crippen LogP contribution in [0.15, 0.2) is 18.5 Å². The van der Waals surface area contributed by atoms with Crippen LogP contribution >= 0.6 is 22.9 Å². The third-order valence-corrected chi connectivity index (χ3v) is 3.87. The molecule has 1 amide bonds. The molecule has 0 aliphatic carbocycles. The minimum atomic E-state index is -0.138. The third-order valence-electron chi connectivity index (χ3n) is 2.53. The number of nitrogens with one attached hydrogen (secondary N) is 1. The molecule has 0 bridgehead atoms. The van der Waals surface area contributed by atoms with Gasteiger partial charge in [-0.2, -0.15) is 4.80 Å². The summed E-state index contributed by atoms with van der Waals surface area (Å²) in [7, 11) is 0. The van der Waals surface area contributed by atoms with Crippen LogP contribution in [0.25, 0.3) is 0 Å². The Hall–Kier alpha value is -1.47. The Morgan fingerprint density at radius 3 is 3.00 bits per heavy atom. The van der Waals surface area contributed by atoms with Crippen LogP contribution in [0.2, 0.25) is 4.34 Å². The van der Waals surface area contributed by atoms with E-state index in [1.54, 1.807) is 0 Å². The fourth-order valence-corrected chi connectivity index (χ4v) is 2.87. The van der Waals surface area contributed by atoms with E-state index in [9.17, 15) is 4.79 Å². The minimum Gasteiger partial charge on any atom is -0.347 e. The van der Waals surface area contributed by atoms with Gasteiger partial charge in [-0.25, -0.2) is 0 Å². The van der Waals surface area contributed by atoms with E-state index in [1.165, 1.54) is 22.5 Å². The van der Waals surface area contributed by atoms with Crippen molar-refractivity contribution in [3.8, 4) is 0 Å². The highest BCUT2D eigenvalue weighted by molar-refractivity contribution is 7.16. The number of rotatable bonds is 6. The molecule has 0 radical (unpaired) electrons. The third kappa shape index (κ3) is 4.00. The van der Waals surface area contributed by atoms with Gasteiger partial charge in [-0.1, -0.05) is 24.9 Å². The first-order valence-corrected chi connectivity index (χ1v) is 7.14. The van der Waals surface area contributed by atoms with Crippen LogP contribution in [0, 0.1) is 0 Å². The van der Waals surface area contributed by atoms with Crippen LogP contribution in [-0.2, 0) is 11.3 Å². The average molecular weight is 300 g/mol. The molecule has 2 rings (SSSR count). The maximum Gasteiger partial charge on any atom is 0.244 e. The highest BCUT2D eigenvalue weighted by atomic mass is 35.5. The summed E-state index contributed by atoms with van der Waals surface area (Å²) in [5, 5.41) is 14.0. The molecular weight excluding hydrogens is 286 g/mol. The molecule has 0 aliphatic rings. The number of nitrogens with zero attached hydrogens (tertiary/aromatic N) is 4. The molecule has 1 N–H and O–H groups in total. The number of hydrogen-bond acceptors (Lipinski definition) is 5. The molecule has 0 aliphatic heterocycles. The first-order chi connectivity index (χ1) is 9.19. The quantitative estimate of drug-likeness (QED) is 0.886. The van der Waals surface area contributed by atoms with Crippen LogP contribution < -0.4 is 5.32 Å². The molecule has 102 valence electrons. The van der Waals surface area contributed by atoms with Gasteiger partial charge in [-0.05, 0) is 23.8 Å². The van der Waals surface area contributed by atoms with Gasteiger partial charge >= 0.3 is 0 Å². The summed E-state index contributed by atoms with van der Waals surface area (Å²) >= 11 is 7.42. The van der Waals surface area contributed by atoms with Gasteiger partial charge in [-0.15, -0.1) is 21.5 Å². The van der Waals surface area contributed by atoms with Gasteiger partial charge < -0.3 is 5.32 Å². The molecule has 0 spiro atoms. The van der Waals surface area contributed by atoms with Crippen molar-refractivity contribution >= 4 is 28.8 Å². The van der Waals surface area contributed by atoms with Crippen molar-refractivity contribution in [1.29, 1.82) is 0 Å². The van der Waals surface area contributed by atoms with Crippen molar-refractivity contribution < 1.29 is 4.79 Å². The molecule has 2 aromatic rings. The van der Waals surface area contributed by atoms with E-state index < -0.39 is 0 Å². The lowest BCUT2D eigenvalue weighted by atomic mass is 10.1. The maximum atomic E-state index is 11.9. The average Bonchev–Trinajstić information content (AvgIpc) is 3.00. The molecule has 6 nitrogen and oxygen atoms in total. The van der Waals surface area contributed by atoms with E-state index in [0.717, 1.165) is 22.1 Å². The standard InChI is InChI=1S/C11H14ClN5OS/c1-2-3-8(9-4-5-10(12)19-9)15-11(18)6-17-14-7-13-16-17/h4-5,7-8H,2-3,6H2,1H3,(H,15,18)/t8-/m0/s1. The zero-order chi connectivity index (χ0) is 13.7. The molecule has 8 heteroatoms. The van der Waals surface area contributed by atoms with Crippen molar-refractivity contribution in [3.63, 3.8) is 0 Å². The number of carbonyl (C=O) groups excluding carboxylic acids is 1. The topological polar surface area (TPSA) is 72.7 Å². The van der Waals surface area contributed by atoms with Crippen molar-refractivity contribution in [1.82, 2.24) is 25.5 Å². The molecule has 0 unspecified atom stereocenters. The normalized spacial score (nSPS) is 12.3. The van der Waals surface area contributed by atoms with Gasteiger partial charge in [-0.3, -0.25) is 4.79 Å². The number of thiophene rings is 1. The van der Waals surface area contributed by atoms with E-state index in [4.69, 9.17) is 11.6 Å². The Morgan fingerprint density at radius 2 is 2.42 bits per heavy atom. The predicted molar refractivity (Wildman–Crippen MR) is 72.9 cm³/mol. The molecule has 1 atom stereocenters. The molecule has 19 heavy (non-hydrogen) atoms. The summed E-state index contributed by atoms with van der Waals surface area (Å²) in [6, 6.07) is 3.77. The lowest BCUT2D eigenvalue weighted by molar-refractivity contribution is -0.122. The Balaban J connectivity index is 1.98. The molecule has 0 saturated heterocycles. The van der Waals surface area contributed by atoms with E-state index in [0.29, 0.717) is 0 Å². The smallest absolute Gasteiger partial charge is 0.244 e. The second kappa shape index (κ2) is 6.63. The molecule has 0 aromatic carbocycles. The zero-order valence-electron chi connectivity index (χ0n) is 10.4. The Bertz CT molecular complexity index is 527. The lowest BCUT2D eigenvalue weighted by Gasteiger charge is -2.16. The summed E-state index contributed by atoms with van der Waals surface area (Å²) in [4.78, 5) is 14.2. The maximum absolute atomic E-state index is 11.9. The first kappa shape index (κ1) is 14.0. The highest BCUT2D eigenvalue weighted by Crippen LogP contribution is 2.29. The van der Waals surface area contributed by atoms with E-state index in [1.807, 2.05) is 12.1 Å². The summed E-state index contributed by atoms with van der Waals surface area (Å²) < 4.78 is 0.725. The fourth-order valence-electron chi connectivity index (χ4n) is 1.72. The van der Waals surface area contributed by atoms with E-state index >= 15 is 0 Å². The minimum absolute atomic E-state index is 0.0153. The first-order valence-electron chi connectivity index (χ1n) is 5.94. The number of aromatic nitrogens is 4. The van der Waals surface area contributed by atoms with Crippen molar-refractivity contribution in [3.05, 3.63) is 27.7 Å². The molecule has 0 fully saturated rings. The van der Waals surface area contributed by atoms with E-state index in [2.05, 4.69) is 27.7 Å². The number of halogens is 1. The second-order valence-electron chi connectivity index (χ2n) is 4.02. The van der Waals surface area contributed by atoms with Gasteiger partial charge in [0.15, 0.2) is 6.33 Å². The molecular formula is C11H14ClN5OS. The van der Waals surface area contributed by atoms with Crippen LogP contribution in [0.5, 0.6) is 0 Å². The predicted octanol–water partition coefficient (Wildman–Crippen LogP) is 2.05. The Kier molecular flexibility index (Phi) is 4.86. The largest absolute Gasteiger partial charge is 0.347 e.